The van der Waals surface area contributed by atoms with E-state index in [1.54, 1.807) is 6.92 Å². The van der Waals surface area contributed by atoms with Gasteiger partial charge < -0.3 is 41.5 Å². The molecule has 0 saturated heterocycles. The summed E-state index contributed by atoms with van der Waals surface area (Å²) in [6, 6.07) is 0. The number of hydrogen-bond donors (Lipinski definition) is 2. The van der Waals surface area contributed by atoms with Crippen molar-refractivity contribution in [3.05, 3.63) is 42.8 Å². The summed E-state index contributed by atoms with van der Waals surface area (Å²) in [6.07, 6.45) is 23.9. The van der Waals surface area contributed by atoms with Crippen molar-refractivity contribution >= 4 is 0 Å². The number of aliphatic hydroxyl groups is 1. The Morgan fingerprint density at radius 2 is 0.935 bits per heavy atom. The number of rotatable bonds is 15. The van der Waals surface area contributed by atoms with Gasteiger partial charge in [0.05, 0.1) is 10.2 Å². The predicted octanol–water partition coefficient (Wildman–Crippen LogP) is 5.50. The van der Waals surface area contributed by atoms with Crippen molar-refractivity contribution in [1.82, 2.24) is 0 Å². The van der Waals surface area contributed by atoms with Crippen LogP contribution in [0, 0.1) is 30.6 Å². The number of allylic oxidation sites excluding steroid dienone is 2. The molecule has 11 heteroatoms. The van der Waals surface area contributed by atoms with Crippen molar-refractivity contribution in [1.29, 1.82) is 0 Å². The number of hydrogen-bond acceptors (Lipinski definition) is 8. The molecule has 0 spiro atoms. The quantitative estimate of drug-likeness (QED) is 0.0980. The van der Waals surface area contributed by atoms with Crippen LogP contribution in [0.3, 0.4) is 0 Å². The minimum atomic E-state index is -1.75. The maximum Gasteiger partial charge on any atom is 2.00 e. The Morgan fingerprint density at radius 3 is 1.23 bits per heavy atom. The number of nitrogens with two attached hydrogens (primary N) is 1. The predicted molar refractivity (Wildman–Crippen MR) is 122 cm³/mol. The third-order valence-corrected chi connectivity index (χ3v) is 3.72. The first-order valence-electron chi connectivity index (χ1n) is 10.9. The maximum absolute atomic E-state index is 8.25. The summed E-state index contributed by atoms with van der Waals surface area (Å²) in [7, 11) is 0. The van der Waals surface area contributed by atoms with E-state index in [2.05, 4.69) is 19.1 Å². The zero-order valence-electron chi connectivity index (χ0n) is 19.2. The molecule has 0 bridgehead atoms. The number of aliphatic hydroxyl groups excluding tert-OH is 1. The first-order valence-corrected chi connectivity index (χ1v) is 10.9. The summed E-state index contributed by atoms with van der Waals surface area (Å²) in [5.41, 5.74) is 5.47. The topological polar surface area (TPSA) is 179 Å². The van der Waals surface area contributed by atoms with Crippen molar-refractivity contribution in [2.45, 2.75) is 104 Å². The van der Waals surface area contributed by atoms with E-state index >= 15 is 0 Å². The van der Waals surface area contributed by atoms with E-state index in [-0.39, 0.29) is 23.1 Å². The molecule has 31 heavy (non-hydrogen) atoms. The molecule has 0 aliphatic carbocycles. The van der Waals surface area contributed by atoms with Crippen LogP contribution in [0.15, 0.2) is 12.2 Å². The third kappa shape index (κ3) is 95.1. The summed E-state index contributed by atoms with van der Waals surface area (Å²) in [6.45, 7) is 5.07. The molecular formula is C20H43N3NiO7. The van der Waals surface area contributed by atoms with Crippen LogP contribution in [-0.2, 0) is 16.5 Å². The van der Waals surface area contributed by atoms with Crippen LogP contribution in [0.1, 0.15) is 104 Å². The minimum Gasteiger partial charge on any atom is -0.397 e. The van der Waals surface area contributed by atoms with Crippen molar-refractivity contribution in [2.24, 2.45) is 5.73 Å². The maximum atomic E-state index is 8.25. The zero-order valence-corrected chi connectivity index (χ0v) is 20.1. The molecule has 0 aromatic rings. The van der Waals surface area contributed by atoms with Crippen LogP contribution in [0.5, 0.6) is 0 Å². The van der Waals surface area contributed by atoms with E-state index in [0.29, 0.717) is 0 Å². The van der Waals surface area contributed by atoms with E-state index in [1.807, 2.05) is 0 Å². The second-order valence-electron chi connectivity index (χ2n) is 6.49. The molecule has 0 rings (SSSR count). The Balaban J connectivity index is -0.000000155. The molecule has 0 atom stereocenters. The molecule has 0 aliphatic heterocycles. The van der Waals surface area contributed by atoms with Gasteiger partial charge in [-0.05, 0) is 45.6 Å². The second-order valence-corrected chi connectivity index (χ2v) is 6.49. The van der Waals surface area contributed by atoms with Gasteiger partial charge in [-0.15, -0.1) is 0 Å². The Morgan fingerprint density at radius 1 is 0.677 bits per heavy atom. The summed E-state index contributed by atoms with van der Waals surface area (Å²) in [5.74, 6) is 0. The molecular weight excluding hydrogens is 453 g/mol. The summed E-state index contributed by atoms with van der Waals surface area (Å²) in [5, 5.41) is 37.1. The Labute approximate surface area is 197 Å². The van der Waals surface area contributed by atoms with E-state index in [1.165, 1.54) is 89.9 Å². The SMILES string of the molecule is CCCCCCCC/C=C\CCCCCCCCN.CCO.O=[N+]([O-])[O-].O=[N+]([O-])[O-].[Ni+2]. The normalized spacial score (nSPS) is 9.16. The summed E-state index contributed by atoms with van der Waals surface area (Å²) < 4.78 is 0. The molecule has 0 aromatic carbocycles. The summed E-state index contributed by atoms with van der Waals surface area (Å²) in [4.78, 5) is 16.5. The van der Waals surface area contributed by atoms with Crippen LogP contribution in [0.4, 0.5) is 0 Å². The molecule has 0 saturated carbocycles. The molecule has 0 aromatic heterocycles. The third-order valence-electron chi connectivity index (χ3n) is 3.72. The second kappa shape index (κ2) is 42.6. The van der Waals surface area contributed by atoms with Crippen LogP contribution >= 0.6 is 0 Å². The fraction of sp³-hybridized carbons (Fsp3) is 0.900. The summed E-state index contributed by atoms with van der Waals surface area (Å²) >= 11 is 0. The minimum absolute atomic E-state index is 0. The number of nitrogens with zero attached hydrogens (tertiary/aromatic N) is 2. The van der Waals surface area contributed by atoms with Crippen LogP contribution < -0.4 is 5.73 Å². The zero-order chi connectivity index (χ0) is 23.9. The molecule has 0 unspecified atom stereocenters. The van der Waals surface area contributed by atoms with Crippen LogP contribution in [-0.4, -0.2) is 28.4 Å². The van der Waals surface area contributed by atoms with E-state index in [4.69, 9.17) is 41.5 Å². The van der Waals surface area contributed by atoms with E-state index in [9.17, 15) is 0 Å². The van der Waals surface area contributed by atoms with Gasteiger partial charge in [-0.1, -0.05) is 76.9 Å². The standard InChI is InChI=1S/C18H37N.C2H6O.2NO3.Ni/c1-2-3-4-5-6-7-8-9-10-11-12-13-14-15-16-17-18-19;1-2-3;2*2-1(3)4;/h9-10H,2-8,11-19H2,1H3;3H,2H2,1H3;;;/q;;2*-1;+2/b10-9-;;;;. The molecule has 0 aliphatic rings. The average molecular weight is 496 g/mol. The molecule has 0 radical (unpaired) electrons. The monoisotopic (exact) mass is 495 g/mol. The Kier molecular flexibility index (Phi) is 54.9. The molecule has 0 amide bonds. The van der Waals surface area contributed by atoms with Crippen LogP contribution in [0.25, 0.3) is 0 Å². The van der Waals surface area contributed by atoms with Crippen molar-refractivity contribution in [2.75, 3.05) is 13.2 Å². The van der Waals surface area contributed by atoms with Gasteiger partial charge in [-0.2, -0.15) is 0 Å². The van der Waals surface area contributed by atoms with Gasteiger partial charge in [0, 0.05) is 6.61 Å². The van der Waals surface area contributed by atoms with Crippen molar-refractivity contribution in [3.63, 3.8) is 0 Å². The van der Waals surface area contributed by atoms with E-state index < -0.39 is 10.2 Å². The van der Waals surface area contributed by atoms with Gasteiger partial charge in [0.2, 0.25) is 0 Å². The van der Waals surface area contributed by atoms with Crippen molar-refractivity contribution in [3.8, 4) is 0 Å². The Bertz CT molecular complexity index is 344. The Hall–Kier alpha value is -1.45. The average Bonchev–Trinajstić information content (AvgIpc) is 2.65. The first-order chi connectivity index (χ1) is 14.3. The molecule has 0 heterocycles. The van der Waals surface area contributed by atoms with Gasteiger partial charge in [0.15, 0.2) is 0 Å². The van der Waals surface area contributed by atoms with E-state index in [0.717, 1.165) is 6.54 Å². The van der Waals surface area contributed by atoms with Gasteiger partial charge in [-0.3, -0.25) is 0 Å². The van der Waals surface area contributed by atoms with Gasteiger partial charge in [0.25, 0.3) is 0 Å². The first kappa shape index (κ1) is 40.0. The fourth-order valence-electron chi connectivity index (χ4n) is 2.39. The smallest absolute Gasteiger partial charge is 0.397 e. The fourth-order valence-corrected chi connectivity index (χ4v) is 2.39. The van der Waals surface area contributed by atoms with Gasteiger partial charge in [0.1, 0.15) is 0 Å². The molecule has 0 fully saturated rings. The molecule has 10 nitrogen and oxygen atoms in total. The largest absolute Gasteiger partial charge is 2.00 e. The van der Waals surface area contributed by atoms with Crippen LogP contribution in [0.2, 0.25) is 0 Å². The molecule has 3 N–H and O–H groups in total. The van der Waals surface area contributed by atoms with Crippen molar-refractivity contribution < 1.29 is 31.8 Å². The van der Waals surface area contributed by atoms with Gasteiger partial charge in [-0.25, -0.2) is 0 Å². The van der Waals surface area contributed by atoms with Gasteiger partial charge >= 0.3 is 16.5 Å². The number of unbranched alkanes of at least 4 members (excludes halogenated alkanes) is 12. The molecule has 190 valence electrons.